The summed E-state index contributed by atoms with van der Waals surface area (Å²) >= 11 is 0. The lowest BCUT2D eigenvalue weighted by Gasteiger charge is -2.24. The van der Waals surface area contributed by atoms with Crippen molar-refractivity contribution in [2.75, 3.05) is 38.2 Å². The molecule has 3 aromatic rings. The molecule has 0 fully saturated rings. The predicted octanol–water partition coefficient (Wildman–Crippen LogP) is 3.09. The highest BCUT2D eigenvalue weighted by Crippen LogP contribution is 2.26. The third kappa shape index (κ3) is 6.39. The summed E-state index contributed by atoms with van der Waals surface area (Å²) in [6, 6.07) is 21.6. The van der Waals surface area contributed by atoms with Gasteiger partial charge in [-0.1, -0.05) is 30.3 Å². The summed E-state index contributed by atoms with van der Waals surface area (Å²) < 4.78 is 43.7. The number of ether oxygens (including phenoxy) is 3. The van der Waals surface area contributed by atoms with Crippen LogP contribution in [0, 0.1) is 0 Å². The summed E-state index contributed by atoms with van der Waals surface area (Å²) in [6.45, 7) is 0.0143. The highest BCUT2D eigenvalue weighted by Gasteiger charge is 2.27. The number of nitrogens with zero attached hydrogens (tertiary/aromatic N) is 1. The lowest BCUT2D eigenvalue weighted by atomic mass is 10.3. The maximum absolute atomic E-state index is 13.3. The zero-order valence-corrected chi connectivity index (χ0v) is 19.2. The number of methoxy groups -OCH3 is 2. The van der Waals surface area contributed by atoms with E-state index in [0.29, 0.717) is 22.9 Å². The zero-order valence-electron chi connectivity index (χ0n) is 18.4. The van der Waals surface area contributed by atoms with Gasteiger partial charge in [0.05, 0.1) is 31.3 Å². The summed E-state index contributed by atoms with van der Waals surface area (Å²) in [5.41, 5.74) is 0.320. The first kappa shape index (κ1) is 23.9. The van der Waals surface area contributed by atoms with Gasteiger partial charge in [-0.05, 0) is 36.4 Å². The summed E-state index contributed by atoms with van der Waals surface area (Å²) in [7, 11) is -0.927. The van der Waals surface area contributed by atoms with Gasteiger partial charge in [0.15, 0.2) is 0 Å². The van der Waals surface area contributed by atoms with E-state index in [1.165, 1.54) is 19.2 Å². The quantitative estimate of drug-likeness (QED) is 0.433. The van der Waals surface area contributed by atoms with Crippen LogP contribution in [0.5, 0.6) is 17.2 Å². The van der Waals surface area contributed by atoms with E-state index in [0.717, 1.165) is 4.31 Å². The minimum atomic E-state index is -3.98. The number of nitrogens with one attached hydrogen (secondary N) is 1. The lowest BCUT2D eigenvalue weighted by Crippen LogP contribution is -2.41. The molecule has 1 amide bonds. The highest BCUT2D eigenvalue weighted by molar-refractivity contribution is 7.92. The normalized spacial score (nSPS) is 10.8. The third-order valence-electron chi connectivity index (χ3n) is 4.69. The molecule has 0 aliphatic heterocycles. The lowest BCUT2D eigenvalue weighted by molar-refractivity contribution is -0.119. The van der Waals surface area contributed by atoms with Crippen LogP contribution in [0.15, 0.2) is 83.8 Å². The van der Waals surface area contributed by atoms with E-state index in [9.17, 15) is 13.2 Å². The Labute approximate surface area is 193 Å². The monoisotopic (exact) mass is 470 g/mol. The van der Waals surface area contributed by atoms with Crippen LogP contribution in [-0.2, 0) is 14.8 Å². The van der Waals surface area contributed by atoms with Crippen LogP contribution in [0.2, 0.25) is 0 Å². The molecule has 0 aliphatic rings. The van der Waals surface area contributed by atoms with Crippen LogP contribution in [-0.4, -0.2) is 48.2 Å². The van der Waals surface area contributed by atoms with Gasteiger partial charge in [-0.3, -0.25) is 9.10 Å². The van der Waals surface area contributed by atoms with Crippen molar-refractivity contribution in [2.24, 2.45) is 0 Å². The van der Waals surface area contributed by atoms with Gasteiger partial charge in [0.25, 0.3) is 10.0 Å². The van der Waals surface area contributed by atoms with E-state index >= 15 is 0 Å². The maximum atomic E-state index is 13.3. The number of amides is 1. The van der Waals surface area contributed by atoms with Crippen LogP contribution >= 0.6 is 0 Å². The molecule has 174 valence electrons. The van der Waals surface area contributed by atoms with E-state index in [4.69, 9.17) is 14.2 Å². The molecule has 9 heteroatoms. The summed E-state index contributed by atoms with van der Waals surface area (Å²) in [6.07, 6.45) is 0. The van der Waals surface area contributed by atoms with Crippen molar-refractivity contribution in [3.05, 3.63) is 78.9 Å². The van der Waals surface area contributed by atoms with Crippen LogP contribution in [0.4, 0.5) is 5.69 Å². The molecular formula is C24H26N2O6S. The Morgan fingerprint density at radius 2 is 1.48 bits per heavy atom. The zero-order chi connectivity index (χ0) is 23.7. The highest BCUT2D eigenvalue weighted by atomic mass is 32.2. The number of benzene rings is 3. The average molecular weight is 471 g/mol. The van der Waals surface area contributed by atoms with Gasteiger partial charge in [-0.25, -0.2) is 8.42 Å². The first-order valence-electron chi connectivity index (χ1n) is 10.2. The maximum Gasteiger partial charge on any atom is 0.264 e. The number of rotatable bonds is 11. The van der Waals surface area contributed by atoms with Crippen molar-refractivity contribution >= 4 is 21.6 Å². The van der Waals surface area contributed by atoms with Crippen LogP contribution < -0.4 is 23.8 Å². The van der Waals surface area contributed by atoms with Crippen molar-refractivity contribution in [3.8, 4) is 17.2 Å². The molecule has 1 N–H and O–H groups in total. The Morgan fingerprint density at radius 3 is 2.18 bits per heavy atom. The summed E-state index contributed by atoms with van der Waals surface area (Å²) in [5, 5.41) is 2.70. The Bertz CT molecular complexity index is 1170. The standard InChI is InChI=1S/C24H26N2O6S/c1-30-20-9-6-8-19(16-20)26(33(28,29)23-12-4-3-5-13-23)18-24(27)25-14-15-32-22-11-7-10-21(17-22)31-2/h3-13,16-17H,14-15,18H2,1-2H3,(H,25,27). The Hall–Kier alpha value is -3.72. The van der Waals surface area contributed by atoms with Gasteiger partial charge in [0.2, 0.25) is 5.91 Å². The second kappa shape index (κ2) is 11.2. The molecule has 0 unspecified atom stereocenters. The van der Waals surface area contributed by atoms with Crippen molar-refractivity contribution in [2.45, 2.75) is 4.90 Å². The van der Waals surface area contributed by atoms with Gasteiger partial charge in [-0.2, -0.15) is 0 Å². The number of sulfonamides is 1. The van der Waals surface area contributed by atoms with Gasteiger partial charge in [0, 0.05) is 12.1 Å². The fourth-order valence-electron chi connectivity index (χ4n) is 3.04. The number of hydrogen-bond acceptors (Lipinski definition) is 6. The van der Waals surface area contributed by atoms with Gasteiger partial charge >= 0.3 is 0 Å². The van der Waals surface area contributed by atoms with Crippen LogP contribution in [0.1, 0.15) is 0 Å². The second-order valence-corrected chi connectivity index (χ2v) is 8.77. The van der Waals surface area contributed by atoms with Crippen LogP contribution in [0.25, 0.3) is 0 Å². The molecule has 8 nitrogen and oxygen atoms in total. The van der Waals surface area contributed by atoms with Crippen molar-refractivity contribution < 1.29 is 27.4 Å². The number of carbonyl (C=O) groups is 1. The first-order valence-corrected chi connectivity index (χ1v) is 11.6. The SMILES string of the molecule is COc1cccc(OCCNC(=O)CN(c2cccc(OC)c2)S(=O)(=O)c2ccccc2)c1. The molecule has 33 heavy (non-hydrogen) atoms. The smallest absolute Gasteiger partial charge is 0.264 e. The van der Waals surface area contributed by atoms with E-state index < -0.39 is 22.5 Å². The second-order valence-electron chi connectivity index (χ2n) is 6.90. The van der Waals surface area contributed by atoms with Gasteiger partial charge < -0.3 is 19.5 Å². The van der Waals surface area contributed by atoms with E-state index in [1.54, 1.807) is 73.8 Å². The van der Waals surface area contributed by atoms with Crippen molar-refractivity contribution in [1.82, 2.24) is 5.32 Å². The minimum Gasteiger partial charge on any atom is -0.497 e. The Kier molecular flexibility index (Phi) is 8.15. The summed E-state index contributed by atoms with van der Waals surface area (Å²) in [4.78, 5) is 12.7. The molecule has 0 atom stereocenters. The third-order valence-corrected chi connectivity index (χ3v) is 6.48. The molecule has 3 rings (SSSR count). The molecule has 0 heterocycles. The molecule has 0 aromatic heterocycles. The Balaban J connectivity index is 1.69. The fraction of sp³-hybridized carbons (Fsp3) is 0.208. The number of anilines is 1. The first-order chi connectivity index (χ1) is 15.9. The van der Waals surface area contributed by atoms with Crippen molar-refractivity contribution in [3.63, 3.8) is 0 Å². The molecule has 3 aromatic carbocycles. The van der Waals surface area contributed by atoms with E-state index in [1.807, 2.05) is 0 Å². The molecule has 0 saturated heterocycles. The molecule has 0 radical (unpaired) electrons. The number of carbonyl (C=O) groups excluding carboxylic acids is 1. The van der Waals surface area contributed by atoms with E-state index in [2.05, 4.69) is 5.32 Å². The van der Waals surface area contributed by atoms with Crippen molar-refractivity contribution in [1.29, 1.82) is 0 Å². The average Bonchev–Trinajstić information content (AvgIpc) is 2.85. The molecule has 0 saturated carbocycles. The number of hydrogen-bond donors (Lipinski definition) is 1. The topological polar surface area (TPSA) is 94.2 Å². The minimum absolute atomic E-state index is 0.0852. The summed E-state index contributed by atoms with van der Waals surface area (Å²) in [5.74, 6) is 1.28. The molecule has 0 bridgehead atoms. The fourth-order valence-corrected chi connectivity index (χ4v) is 4.47. The van der Waals surface area contributed by atoms with Gasteiger partial charge in [-0.15, -0.1) is 0 Å². The van der Waals surface area contributed by atoms with E-state index in [-0.39, 0.29) is 18.0 Å². The Morgan fingerprint density at radius 1 is 0.848 bits per heavy atom. The largest absolute Gasteiger partial charge is 0.497 e. The molecular weight excluding hydrogens is 444 g/mol. The predicted molar refractivity (Wildman–Crippen MR) is 125 cm³/mol. The molecule has 0 aliphatic carbocycles. The van der Waals surface area contributed by atoms with Crippen LogP contribution in [0.3, 0.4) is 0 Å². The van der Waals surface area contributed by atoms with Gasteiger partial charge in [0.1, 0.15) is 30.4 Å². The molecule has 0 spiro atoms.